The van der Waals surface area contributed by atoms with E-state index in [-0.39, 0.29) is 24.8 Å². The maximum Gasteiger partial charge on any atom is 0.225 e. The fourth-order valence-corrected chi connectivity index (χ4v) is 3.12. The lowest BCUT2D eigenvalue weighted by atomic mass is 10.1. The number of hydrogen-bond acceptors (Lipinski definition) is 5. The third-order valence-electron chi connectivity index (χ3n) is 4.59. The summed E-state index contributed by atoms with van der Waals surface area (Å²) in [6.07, 6.45) is 8.17. The van der Waals surface area contributed by atoms with Gasteiger partial charge in [-0.05, 0) is 26.7 Å². The Hall–Kier alpha value is -2.18. The number of hydrogen-bond donors (Lipinski definition) is 2. The lowest BCUT2D eigenvalue weighted by Crippen LogP contribution is -2.30. The lowest BCUT2D eigenvalue weighted by molar-refractivity contribution is -0.125. The normalized spacial score (nSPS) is 16.6. The summed E-state index contributed by atoms with van der Waals surface area (Å²) in [7, 11) is 0. The van der Waals surface area contributed by atoms with Gasteiger partial charge in [-0.2, -0.15) is 0 Å². The minimum atomic E-state index is -0.472. The van der Waals surface area contributed by atoms with Crippen molar-refractivity contribution in [1.82, 2.24) is 15.3 Å². The molecule has 25 heavy (non-hydrogen) atoms. The van der Waals surface area contributed by atoms with E-state index in [0.717, 1.165) is 30.3 Å². The molecular formula is C18H29N5O2. The molecule has 7 nitrogen and oxygen atoms in total. The molecule has 1 unspecified atom stereocenters. The van der Waals surface area contributed by atoms with Gasteiger partial charge >= 0.3 is 0 Å². The van der Waals surface area contributed by atoms with Gasteiger partial charge in [0.2, 0.25) is 17.8 Å². The summed E-state index contributed by atoms with van der Waals surface area (Å²) in [6, 6.07) is -0.207. The number of anilines is 1. The topological polar surface area (TPSA) is 101 Å². The molecule has 1 fully saturated rings. The Morgan fingerprint density at radius 3 is 2.44 bits per heavy atom. The molecule has 7 heteroatoms. The van der Waals surface area contributed by atoms with E-state index in [1.165, 1.54) is 32.1 Å². The Morgan fingerprint density at radius 2 is 1.84 bits per heavy atom. The Labute approximate surface area is 149 Å². The van der Waals surface area contributed by atoms with Gasteiger partial charge in [0.1, 0.15) is 0 Å². The van der Waals surface area contributed by atoms with Gasteiger partial charge < -0.3 is 16.0 Å². The Kier molecular flexibility index (Phi) is 7.16. The highest BCUT2D eigenvalue weighted by atomic mass is 16.2. The zero-order valence-corrected chi connectivity index (χ0v) is 15.3. The van der Waals surface area contributed by atoms with Crippen LogP contribution in [0.25, 0.3) is 0 Å². The number of aryl methyl sites for hydroxylation is 1. The van der Waals surface area contributed by atoms with Crippen LogP contribution in [0, 0.1) is 6.92 Å². The average Bonchev–Trinajstić information content (AvgIpc) is 2.52. The fraction of sp³-hybridized carbons (Fsp3) is 0.667. The van der Waals surface area contributed by atoms with Gasteiger partial charge in [-0.15, -0.1) is 0 Å². The largest absolute Gasteiger partial charge is 0.370 e. The number of nitrogens with zero attached hydrogens (tertiary/aromatic N) is 3. The molecule has 0 spiro atoms. The molecular weight excluding hydrogens is 318 g/mol. The molecule has 2 heterocycles. The minimum Gasteiger partial charge on any atom is -0.370 e. The predicted octanol–water partition coefficient (Wildman–Crippen LogP) is 2.00. The molecule has 1 aromatic heterocycles. The maximum absolute atomic E-state index is 11.9. The number of nitrogens with one attached hydrogen (secondary N) is 1. The van der Waals surface area contributed by atoms with E-state index >= 15 is 0 Å². The second-order valence-electron chi connectivity index (χ2n) is 6.72. The van der Waals surface area contributed by atoms with Crippen LogP contribution in [0.4, 0.5) is 5.95 Å². The highest BCUT2D eigenvalue weighted by molar-refractivity contribution is 5.83. The molecule has 2 amide bonds. The number of carbonyl (C=O) groups excluding carboxylic acids is 2. The van der Waals surface area contributed by atoms with E-state index in [9.17, 15) is 9.59 Å². The van der Waals surface area contributed by atoms with Crippen molar-refractivity contribution in [3.63, 3.8) is 0 Å². The molecule has 0 saturated carbocycles. The number of carbonyl (C=O) groups is 2. The van der Waals surface area contributed by atoms with Crippen LogP contribution in [0.3, 0.4) is 0 Å². The van der Waals surface area contributed by atoms with Crippen molar-refractivity contribution in [3.05, 3.63) is 17.5 Å². The zero-order valence-electron chi connectivity index (χ0n) is 15.3. The van der Waals surface area contributed by atoms with Crippen LogP contribution in [-0.2, 0) is 9.59 Å². The lowest BCUT2D eigenvalue weighted by Gasteiger charge is -2.25. The van der Waals surface area contributed by atoms with Gasteiger partial charge in [-0.25, -0.2) is 9.97 Å². The average molecular weight is 347 g/mol. The van der Waals surface area contributed by atoms with E-state index < -0.39 is 5.91 Å². The first-order valence-electron chi connectivity index (χ1n) is 9.13. The maximum atomic E-state index is 11.9. The molecule has 138 valence electrons. The molecule has 0 aromatic carbocycles. The Morgan fingerprint density at radius 1 is 1.20 bits per heavy atom. The summed E-state index contributed by atoms with van der Waals surface area (Å²) in [5.74, 6) is 0.105. The van der Waals surface area contributed by atoms with Crippen molar-refractivity contribution in [2.24, 2.45) is 5.73 Å². The third kappa shape index (κ3) is 5.99. The second-order valence-corrected chi connectivity index (χ2v) is 6.72. The van der Waals surface area contributed by atoms with Crippen LogP contribution >= 0.6 is 0 Å². The number of amides is 2. The summed E-state index contributed by atoms with van der Waals surface area (Å²) in [6.45, 7) is 5.83. The summed E-state index contributed by atoms with van der Waals surface area (Å²) in [5.41, 5.74) is 6.83. The summed E-state index contributed by atoms with van der Waals surface area (Å²) < 4.78 is 0. The SMILES string of the molecule is Cc1nc(N2CCCCCCC2)ncc1C(C)NC(=O)CCC(N)=O. The first-order valence-corrected chi connectivity index (χ1v) is 9.13. The van der Waals surface area contributed by atoms with E-state index in [1.807, 2.05) is 13.8 Å². The van der Waals surface area contributed by atoms with Gasteiger partial charge in [0.15, 0.2) is 0 Å². The smallest absolute Gasteiger partial charge is 0.225 e. The van der Waals surface area contributed by atoms with E-state index in [0.29, 0.717) is 0 Å². The van der Waals surface area contributed by atoms with Gasteiger partial charge in [0.05, 0.1) is 6.04 Å². The zero-order chi connectivity index (χ0) is 18.2. The van der Waals surface area contributed by atoms with Crippen molar-refractivity contribution >= 4 is 17.8 Å². The van der Waals surface area contributed by atoms with Crippen LogP contribution in [0.15, 0.2) is 6.20 Å². The summed E-state index contributed by atoms with van der Waals surface area (Å²) in [4.78, 5) is 34.1. The number of rotatable bonds is 6. The first kappa shape index (κ1) is 19.1. The molecule has 1 aliphatic heterocycles. The van der Waals surface area contributed by atoms with Crippen molar-refractivity contribution in [1.29, 1.82) is 0 Å². The quantitative estimate of drug-likeness (QED) is 0.819. The summed E-state index contributed by atoms with van der Waals surface area (Å²) >= 11 is 0. The van der Waals surface area contributed by atoms with Gasteiger partial charge in [0.25, 0.3) is 0 Å². The molecule has 1 aromatic rings. The van der Waals surface area contributed by atoms with Gasteiger partial charge in [-0.3, -0.25) is 9.59 Å². The van der Waals surface area contributed by atoms with Gasteiger partial charge in [0, 0.05) is 43.4 Å². The standard InChI is InChI=1S/C18H29N5O2/c1-13(21-17(25)9-8-16(19)24)15-12-20-18(22-14(15)2)23-10-6-4-3-5-7-11-23/h12-13H,3-11H2,1-2H3,(H2,19,24)(H,21,25). The monoisotopic (exact) mass is 347 g/mol. The second kappa shape index (κ2) is 9.34. The third-order valence-corrected chi connectivity index (χ3v) is 4.59. The van der Waals surface area contributed by atoms with E-state index in [4.69, 9.17) is 5.73 Å². The number of primary amides is 1. The highest BCUT2D eigenvalue weighted by Crippen LogP contribution is 2.20. The van der Waals surface area contributed by atoms with Crippen LogP contribution in [-0.4, -0.2) is 34.9 Å². The van der Waals surface area contributed by atoms with Gasteiger partial charge in [-0.1, -0.05) is 19.3 Å². The molecule has 1 saturated heterocycles. The Bertz CT molecular complexity index is 597. The number of nitrogens with two attached hydrogens (primary N) is 1. The first-order chi connectivity index (χ1) is 12.0. The van der Waals surface area contributed by atoms with Crippen LogP contribution in [0.2, 0.25) is 0 Å². The van der Waals surface area contributed by atoms with Crippen molar-refractivity contribution in [2.75, 3.05) is 18.0 Å². The molecule has 3 N–H and O–H groups in total. The Balaban J connectivity index is 2.00. The van der Waals surface area contributed by atoms with E-state index in [1.54, 1.807) is 6.20 Å². The van der Waals surface area contributed by atoms with E-state index in [2.05, 4.69) is 20.2 Å². The minimum absolute atomic E-state index is 0.0575. The fourth-order valence-electron chi connectivity index (χ4n) is 3.12. The molecule has 2 rings (SSSR count). The molecule has 0 aliphatic carbocycles. The van der Waals surface area contributed by atoms with Crippen LogP contribution < -0.4 is 16.0 Å². The van der Waals surface area contributed by atoms with Crippen molar-refractivity contribution < 1.29 is 9.59 Å². The van der Waals surface area contributed by atoms with Crippen molar-refractivity contribution in [2.45, 2.75) is 64.8 Å². The molecule has 0 radical (unpaired) electrons. The molecule has 1 aliphatic rings. The predicted molar refractivity (Wildman–Crippen MR) is 97.1 cm³/mol. The summed E-state index contributed by atoms with van der Waals surface area (Å²) in [5, 5.41) is 2.87. The van der Waals surface area contributed by atoms with Crippen molar-refractivity contribution in [3.8, 4) is 0 Å². The van der Waals surface area contributed by atoms with Crippen LogP contribution in [0.5, 0.6) is 0 Å². The molecule has 0 bridgehead atoms. The number of aromatic nitrogens is 2. The molecule has 1 atom stereocenters. The van der Waals surface area contributed by atoms with Crippen LogP contribution in [0.1, 0.15) is 69.2 Å². The highest BCUT2D eigenvalue weighted by Gasteiger charge is 2.17.